The van der Waals surface area contributed by atoms with E-state index in [1.807, 2.05) is 37.3 Å². The van der Waals surface area contributed by atoms with Crippen molar-refractivity contribution in [3.05, 3.63) is 71.5 Å². The fraction of sp³-hybridized carbons (Fsp3) is 0.391. The minimum absolute atomic E-state index is 0.00468. The van der Waals surface area contributed by atoms with Crippen molar-refractivity contribution in [1.82, 2.24) is 10.2 Å². The van der Waals surface area contributed by atoms with Crippen molar-refractivity contribution < 1.29 is 14.0 Å². The molecule has 1 aliphatic rings. The zero-order valence-electron chi connectivity index (χ0n) is 16.2. The van der Waals surface area contributed by atoms with Crippen LogP contribution in [-0.2, 0) is 11.2 Å². The molecule has 0 radical (unpaired) electrons. The molecule has 1 amide bonds. The lowest BCUT2D eigenvalue weighted by Crippen LogP contribution is -2.49. The Morgan fingerprint density at radius 1 is 1.07 bits per heavy atom. The summed E-state index contributed by atoms with van der Waals surface area (Å²) in [5.74, 6) is -0.0189. The molecule has 28 heavy (non-hydrogen) atoms. The first-order chi connectivity index (χ1) is 13.5. The van der Waals surface area contributed by atoms with E-state index in [4.69, 9.17) is 0 Å². The summed E-state index contributed by atoms with van der Waals surface area (Å²) < 4.78 is 12.9. The molecule has 2 aromatic carbocycles. The van der Waals surface area contributed by atoms with Gasteiger partial charge in [0.05, 0.1) is 6.04 Å². The summed E-state index contributed by atoms with van der Waals surface area (Å²) in [5.41, 5.74) is 1.77. The van der Waals surface area contributed by atoms with Crippen LogP contribution in [0.25, 0.3) is 0 Å². The van der Waals surface area contributed by atoms with Crippen LogP contribution in [0.15, 0.2) is 54.6 Å². The van der Waals surface area contributed by atoms with Crippen molar-refractivity contribution in [1.29, 1.82) is 0 Å². The summed E-state index contributed by atoms with van der Waals surface area (Å²) in [7, 11) is 0. The van der Waals surface area contributed by atoms with Gasteiger partial charge in [-0.15, -0.1) is 0 Å². The fourth-order valence-corrected chi connectivity index (χ4v) is 3.68. The maximum atomic E-state index is 12.9. The summed E-state index contributed by atoms with van der Waals surface area (Å²) >= 11 is 0. The summed E-state index contributed by atoms with van der Waals surface area (Å²) in [6, 6.07) is 15.5. The molecule has 2 aromatic rings. The number of likely N-dealkylation sites (tertiary alicyclic amines) is 1. The van der Waals surface area contributed by atoms with Gasteiger partial charge in [-0.3, -0.25) is 14.5 Å². The van der Waals surface area contributed by atoms with Crippen LogP contribution in [0, 0.1) is 11.7 Å². The molecule has 0 aromatic heterocycles. The number of nitrogens with zero attached hydrogens (tertiary/aromatic N) is 1. The predicted molar refractivity (Wildman–Crippen MR) is 108 cm³/mol. The SMILES string of the molecule is CC(C(=O)NCCc1ccc(F)cc1)N1CCC(C(=O)c2ccccc2)CC1. The minimum Gasteiger partial charge on any atom is -0.354 e. The summed E-state index contributed by atoms with van der Waals surface area (Å²) in [6.07, 6.45) is 2.23. The molecule has 0 bridgehead atoms. The Kier molecular flexibility index (Phi) is 6.93. The standard InChI is InChI=1S/C23H27FN2O2/c1-17(23(28)25-14-11-18-7-9-21(24)10-8-18)26-15-12-20(13-16-26)22(27)19-5-3-2-4-6-19/h2-10,17,20H,11-16H2,1H3,(H,25,28). The third-order valence-corrected chi connectivity index (χ3v) is 5.51. The first-order valence-electron chi connectivity index (χ1n) is 9.90. The highest BCUT2D eigenvalue weighted by Gasteiger charge is 2.29. The number of benzene rings is 2. The number of hydrogen-bond donors (Lipinski definition) is 1. The molecule has 1 fully saturated rings. The summed E-state index contributed by atoms with van der Waals surface area (Å²) in [4.78, 5) is 27.2. The van der Waals surface area contributed by atoms with Gasteiger partial charge in [0.25, 0.3) is 0 Å². The van der Waals surface area contributed by atoms with Gasteiger partial charge in [-0.05, 0) is 57.0 Å². The Morgan fingerprint density at radius 2 is 1.71 bits per heavy atom. The number of amides is 1. The van der Waals surface area contributed by atoms with E-state index in [1.54, 1.807) is 12.1 Å². The maximum Gasteiger partial charge on any atom is 0.237 e. The second-order valence-corrected chi connectivity index (χ2v) is 7.38. The van der Waals surface area contributed by atoms with E-state index in [-0.39, 0.29) is 29.5 Å². The molecular weight excluding hydrogens is 355 g/mol. The molecule has 3 rings (SSSR count). The number of hydrogen-bond acceptors (Lipinski definition) is 3. The smallest absolute Gasteiger partial charge is 0.237 e. The second kappa shape index (κ2) is 9.60. The van der Waals surface area contributed by atoms with Crippen LogP contribution in [-0.4, -0.2) is 42.3 Å². The van der Waals surface area contributed by atoms with Gasteiger partial charge in [-0.1, -0.05) is 42.5 Å². The van der Waals surface area contributed by atoms with Crippen LogP contribution in [0.3, 0.4) is 0 Å². The summed E-state index contributed by atoms with van der Waals surface area (Å²) in [6.45, 7) is 3.93. The molecule has 148 valence electrons. The van der Waals surface area contributed by atoms with Gasteiger partial charge in [0.2, 0.25) is 5.91 Å². The number of carbonyl (C=O) groups excluding carboxylic acids is 2. The summed E-state index contributed by atoms with van der Waals surface area (Å²) in [5, 5.41) is 2.96. The van der Waals surface area contributed by atoms with Crippen molar-refractivity contribution in [2.24, 2.45) is 5.92 Å². The molecule has 1 atom stereocenters. The van der Waals surface area contributed by atoms with E-state index in [0.717, 1.165) is 37.1 Å². The zero-order chi connectivity index (χ0) is 19.9. The van der Waals surface area contributed by atoms with Gasteiger partial charge in [0.1, 0.15) is 5.82 Å². The van der Waals surface area contributed by atoms with E-state index in [1.165, 1.54) is 12.1 Å². The Morgan fingerprint density at radius 3 is 2.36 bits per heavy atom. The molecule has 1 heterocycles. The molecule has 1 aliphatic heterocycles. The number of rotatable bonds is 7. The highest BCUT2D eigenvalue weighted by molar-refractivity contribution is 5.97. The van der Waals surface area contributed by atoms with Gasteiger partial charge in [0.15, 0.2) is 5.78 Å². The first-order valence-corrected chi connectivity index (χ1v) is 9.90. The van der Waals surface area contributed by atoms with Gasteiger partial charge in [0, 0.05) is 18.0 Å². The molecule has 0 spiro atoms. The van der Waals surface area contributed by atoms with Crippen LogP contribution in [0.1, 0.15) is 35.7 Å². The Labute approximate surface area is 165 Å². The fourth-order valence-electron chi connectivity index (χ4n) is 3.68. The molecule has 0 saturated carbocycles. The Hall–Kier alpha value is -2.53. The largest absolute Gasteiger partial charge is 0.354 e. The molecule has 0 aliphatic carbocycles. The van der Waals surface area contributed by atoms with Crippen LogP contribution in [0.4, 0.5) is 4.39 Å². The lowest BCUT2D eigenvalue weighted by atomic mass is 9.88. The number of carbonyl (C=O) groups is 2. The van der Waals surface area contributed by atoms with Crippen LogP contribution in [0.2, 0.25) is 0 Å². The van der Waals surface area contributed by atoms with E-state index in [0.29, 0.717) is 13.0 Å². The number of piperidine rings is 1. The monoisotopic (exact) mass is 382 g/mol. The first kappa shape index (κ1) is 20.2. The molecule has 1 N–H and O–H groups in total. The van der Waals surface area contributed by atoms with E-state index in [2.05, 4.69) is 10.2 Å². The van der Waals surface area contributed by atoms with Crippen molar-refractivity contribution in [2.75, 3.05) is 19.6 Å². The van der Waals surface area contributed by atoms with Crippen molar-refractivity contribution in [3.8, 4) is 0 Å². The average molecular weight is 382 g/mol. The zero-order valence-corrected chi connectivity index (χ0v) is 16.2. The molecule has 1 unspecified atom stereocenters. The van der Waals surface area contributed by atoms with Gasteiger partial charge in [-0.2, -0.15) is 0 Å². The quantitative estimate of drug-likeness (QED) is 0.746. The lowest BCUT2D eigenvalue weighted by Gasteiger charge is -2.34. The van der Waals surface area contributed by atoms with Gasteiger partial charge < -0.3 is 5.32 Å². The highest BCUT2D eigenvalue weighted by Crippen LogP contribution is 2.23. The van der Waals surface area contributed by atoms with Gasteiger partial charge >= 0.3 is 0 Å². The van der Waals surface area contributed by atoms with E-state index < -0.39 is 0 Å². The van der Waals surface area contributed by atoms with Crippen LogP contribution >= 0.6 is 0 Å². The topological polar surface area (TPSA) is 49.4 Å². The molecule has 5 heteroatoms. The molecule has 4 nitrogen and oxygen atoms in total. The Bertz CT molecular complexity index is 784. The third-order valence-electron chi connectivity index (χ3n) is 5.51. The van der Waals surface area contributed by atoms with Gasteiger partial charge in [-0.25, -0.2) is 4.39 Å². The minimum atomic E-state index is -0.254. The third kappa shape index (κ3) is 5.26. The molecular formula is C23H27FN2O2. The second-order valence-electron chi connectivity index (χ2n) is 7.38. The van der Waals surface area contributed by atoms with Crippen LogP contribution < -0.4 is 5.32 Å². The number of nitrogens with one attached hydrogen (secondary N) is 1. The van der Waals surface area contributed by atoms with E-state index in [9.17, 15) is 14.0 Å². The number of halogens is 1. The van der Waals surface area contributed by atoms with Crippen molar-refractivity contribution in [3.63, 3.8) is 0 Å². The maximum absolute atomic E-state index is 12.9. The van der Waals surface area contributed by atoms with Crippen molar-refractivity contribution >= 4 is 11.7 Å². The Balaban J connectivity index is 1.42. The normalized spacial score (nSPS) is 16.5. The predicted octanol–water partition coefficient (Wildman–Crippen LogP) is 3.47. The number of Topliss-reactive ketones (excluding diaryl/α,β-unsaturated/α-hetero) is 1. The van der Waals surface area contributed by atoms with Crippen LogP contribution in [0.5, 0.6) is 0 Å². The van der Waals surface area contributed by atoms with Crippen molar-refractivity contribution in [2.45, 2.75) is 32.2 Å². The average Bonchev–Trinajstić information content (AvgIpc) is 2.74. The van der Waals surface area contributed by atoms with E-state index >= 15 is 0 Å². The number of ketones is 1. The highest BCUT2D eigenvalue weighted by atomic mass is 19.1. The lowest BCUT2D eigenvalue weighted by molar-refractivity contribution is -0.126. The molecule has 1 saturated heterocycles.